The minimum absolute atomic E-state index is 0.0938. The fraction of sp³-hybridized carbons (Fsp3) is 0.421. The molecule has 2 aromatic rings. The van der Waals surface area contributed by atoms with Gasteiger partial charge in [-0.05, 0) is 44.5 Å². The van der Waals surface area contributed by atoms with Gasteiger partial charge in [-0.15, -0.1) is 0 Å². The molecule has 2 fully saturated rings. The molecule has 0 radical (unpaired) electrons. The van der Waals surface area contributed by atoms with Gasteiger partial charge in [0.15, 0.2) is 0 Å². The second-order valence-electron chi connectivity index (χ2n) is 6.90. The first kappa shape index (κ1) is 16.0. The standard InChI is InChI=1S/C19H22N4O2/c1-14-12-21-11-5-8-16(21)13-22(14)19(25)17-9-10-18(24)23(20-17)15-6-3-2-4-7-15/h2-4,6-7,9-10,14,16H,5,8,11-13H2,1H3/t14-,16-/m1/s1. The monoisotopic (exact) mass is 338 g/mol. The number of benzene rings is 1. The zero-order chi connectivity index (χ0) is 17.4. The first-order valence-corrected chi connectivity index (χ1v) is 8.84. The van der Waals surface area contributed by atoms with Crippen LogP contribution in [0.25, 0.3) is 5.69 Å². The molecule has 4 rings (SSSR count). The second kappa shape index (κ2) is 6.44. The van der Waals surface area contributed by atoms with Crippen LogP contribution in [-0.4, -0.2) is 57.2 Å². The lowest BCUT2D eigenvalue weighted by molar-refractivity contribution is 0.0388. The molecule has 2 atom stereocenters. The quantitative estimate of drug-likeness (QED) is 0.833. The first-order chi connectivity index (χ1) is 12.1. The van der Waals surface area contributed by atoms with Crippen molar-refractivity contribution in [3.05, 3.63) is 58.5 Å². The van der Waals surface area contributed by atoms with Crippen LogP contribution in [0.1, 0.15) is 30.3 Å². The zero-order valence-corrected chi connectivity index (χ0v) is 14.3. The SMILES string of the molecule is C[C@@H]1CN2CCC[C@@H]2CN1C(=O)c1ccc(=O)n(-c2ccccc2)n1. The molecule has 3 heterocycles. The lowest BCUT2D eigenvalue weighted by atomic mass is 10.1. The van der Waals surface area contributed by atoms with Crippen molar-refractivity contribution in [2.45, 2.75) is 31.8 Å². The Hall–Kier alpha value is -2.47. The van der Waals surface area contributed by atoms with Crippen LogP contribution < -0.4 is 5.56 Å². The third kappa shape index (κ3) is 2.98. The Bertz CT molecular complexity index is 833. The molecule has 0 bridgehead atoms. The molecule has 1 aromatic heterocycles. The van der Waals surface area contributed by atoms with Crippen LogP contribution in [0.4, 0.5) is 0 Å². The van der Waals surface area contributed by atoms with Crippen LogP contribution in [-0.2, 0) is 0 Å². The number of piperazine rings is 1. The van der Waals surface area contributed by atoms with Gasteiger partial charge in [0.05, 0.1) is 5.69 Å². The molecule has 6 heteroatoms. The normalized spacial score (nSPS) is 23.5. The molecule has 2 aliphatic heterocycles. The fourth-order valence-electron chi connectivity index (χ4n) is 3.90. The lowest BCUT2D eigenvalue weighted by Gasteiger charge is -2.42. The van der Waals surface area contributed by atoms with E-state index in [0.717, 1.165) is 26.1 Å². The predicted octanol–water partition coefficient (Wildman–Crippen LogP) is 1.54. The minimum atomic E-state index is -0.239. The Kier molecular flexibility index (Phi) is 4.13. The number of amides is 1. The van der Waals surface area contributed by atoms with Gasteiger partial charge in [-0.25, -0.2) is 0 Å². The third-order valence-electron chi connectivity index (χ3n) is 5.22. The van der Waals surface area contributed by atoms with Crippen molar-refractivity contribution in [3.8, 4) is 5.69 Å². The van der Waals surface area contributed by atoms with E-state index in [-0.39, 0.29) is 17.5 Å². The van der Waals surface area contributed by atoms with Crippen LogP contribution in [0.2, 0.25) is 0 Å². The van der Waals surface area contributed by atoms with E-state index in [2.05, 4.69) is 16.9 Å². The zero-order valence-electron chi connectivity index (χ0n) is 14.3. The number of para-hydroxylation sites is 1. The highest BCUT2D eigenvalue weighted by molar-refractivity contribution is 5.92. The summed E-state index contributed by atoms with van der Waals surface area (Å²) in [6.07, 6.45) is 2.35. The van der Waals surface area contributed by atoms with Crippen LogP contribution >= 0.6 is 0 Å². The number of aromatic nitrogens is 2. The molecule has 0 unspecified atom stereocenters. The topological polar surface area (TPSA) is 58.4 Å². The Morgan fingerprint density at radius 1 is 1.12 bits per heavy atom. The molecule has 2 saturated heterocycles. The highest BCUT2D eigenvalue weighted by Gasteiger charge is 2.37. The van der Waals surface area contributed by atoms with E-state index in [4.69, 9.17) is 0 Å². The largest absolute Gasteiger partial charge is 0.332 e. The van der Waals surface area contributed by atoms with E-state index in [0.29, 0.717) is 17.4 Å². The highest BCUT2D eigenvalue weighted by atomic mass is 16.2. The van der Waals surface area contributed by atoms with E-state index in [9.17, 15) is 9.59 Å². The Balaban J connectivity index is 1.63. The molecule has 130 valence electrons. The minimum Gasteiger partial charge on any atom is -0.332 e. The van der Waals surface area contributed by atoms with Crippen LogP contribution in [0.5, 0.6) is 0 Å². The van der Waals surface area contributed by atoms with Crippen molar-refractivity contribution < 1.29 is 4.79 Å². The molecule has 0 saturated carbocycles. The van der Waals surface area contributed by atoms with E-state index >= 15 is 0 Å². The Morgan fingerprint density at radius 2 is 1.92 bits per heavy atom. The van der Waals surface area contributed by atoms with Crippen molar-refractivity contribution in [3.63, 3.8) is 0 Å². The van der Waals surface area contributed by atoms with Gasteiger partial charge in [0.2, 0.25) is 0 Å². The number of fused-ring (bicyclic) bond motifs is 1. The number of rotatable bonds is 2. The van der Waals surface area contributed by atoms with Crippen molar-refractivity contribution >= 4 is 5.91 Å². The number of carbonyl (C=O) groups excluding carboxylic acids is 1. The summed E-state index contributed by atoms with van der Waals surface area (Å²) in [6, 6.07) is 12.8. The van der Waals surface area contributed by atoms with E-state index < -0.39 is 0 Å². The molecule has 1 aromatic carbocycles. The summed E-state index contributed by atoms with van der Waals surface area (Å²) in [5.41, 5.74) is 0.744. The smallest absolute Gasteiger partial charge is 0.274 e. The molecular weight excluding hydrogens is 316 g/mol. The molecule has 2 aliphatic rings. The van der Waals surface area contributed by atoms with Gasteiger partial charge < -0.3 is 4.90 Å². The Morgan fingerprint density at radius 3 is 2.72 bits per heavy atom. The van der Waals surface area contributed by atoms with Crippen molar-refractivity contribution in [1.82, 2.24) is 19.6 Å². The fourth-order valence-corrected chi connectivity index (χ4v) is 3.90. The third-order valence-corrected chi connectivity index (χ3v) is 5.22. The summed E-state index contributed by atoms with van der Waals surface area (Å²) in [7, 11) is 0. The number of nitrogens with zero attached hydrogens (tertiary/aromatic N) is 4. The maximum absolute atomic E-state index is 13.0. The summed E-state index contributed by atoms with van der Waals surface area (Å²) in [5, 5.41) is 4.34. The number of carbonyl (C=O) groups is 1. The summed E-state index contributed by atoms with van der Waals surface area (Å²) in [6.45, 7) is 4.87. The van der Waals surface area contributed by atoms with Crippen LogP contribution in [0, 0.1) is 0 Å². The van der Waals surface area contributed by atoms with Gasteiger partial charge in [-0.1, -0.05) is 18.2 Å². The maximum atomic E-state index is 13.0. The van der Waals surface area contributed by atoms with Gasteiger partial charge in [-0.3, -0.25) is 14.5 Å². The van der Waals surface area contributed by atoms with Crippen molar-refractivity contribution in [1.29, 1.82) is 0 Å². The lowest BCUT2D eigenvalue weighted by Crippen LogP contribution is -2.57. The Labute approximate surface area is 146 Å². The summed E-state index contributed by atoms with van der Waals surface area (Å²) >= 11 is 0. The van der Waals surface area contributed by atoms with E-state index in [1.165, 1.54) is 23.2 Å². The van der Waals surface area contributed by atoms with Crippen molar-refractivity contribution in [2.24, 2.45) is 0 Å². The number of hydrogen-bond acceptors (Lipinski definition) is 4. The highest BCUT2D eigenvalue weighted by Crippen LogP contribution is 2.25. The van der Waals surface area contributed by atoms with Crippen LogP contribution in [0.3, 0.4) is 0 Å². The van der Waals surface area contributed by atoms with Crippen LogP contribution in [0.15, 0.2) is 47.3 Å². The summed E-state index contributed by atoms with van der Waals surface area (Å²) in [4.78, 5) is 29.6. The molecular formula is C19H22N4O2. The summed E-state index contributed by atoms with van der Waals surface area (Å²) < 4.78 is 1.30. The second-order valence-corrected chi connectivity index (χ2v) is 6.90. The maximum Gasteiger partial charge on any atom is 0.274 e. The van der Waals surface area contributed by atoms with Gasteiger partial charge in [-0.2, -0.15) is 9.78 Å². The van der Waals surface area contributed by atoms with Gasteiger partial charge in [0.25, 0.3) is 11.5 Å². The van der Waals surface area contributed by atoms with Gasteiger partial charge in [0, 0.05) is 31.2 Å². The predicted molar refractivity (Wildman–Crippen MR) is 94.9 cm³/mol. The molecule has 0 N–H and O–H groups in total. The molecule has 6 nitrogen and oxygen atoms in total. The van der Waals surface area contributed by atoms with Crippen molar-refractivity contribution in [2.75, 3.05) is 19.6 Å². The number of hydrogen-bond donors (Lipinski definition) is 0. The average molecular weight is 338 g/mol. The molecule has 25 heavy (non-hydrogen) atoms. The molecule has 0 aliphatic carbocycles. The van der Waals surface area contributed by atoms with Gasteiger partial charge in [0.1, 0.15) is 5.69 Å². The van der Waals surface area contributed by atoms with Gasteiger partial charge >= 0.3 is 0 Å². The first-order valence-electron chi connectivity index (χ1n) is 8.84. The van der Waals surface area contributed by atoms with E-state index in [1.807, 2.05) is 35.2 Å². The molecule has 1 amide bonds. The summed E-state index contributed by atoms with van der Waals surface area (Å²) in [5.74, 6) is -0.0938. The molecule has 0 spiro atoms. The van der Waals surface area contributed by atoms with E-state index in [1.54, 1.807) is 0 Å². The average Bonchev–Trinajstić information content (AvgIpc) is 3.09.